The van der Waals surface area contributed by atoms with E-state index in [1.54, 1.807) is 12.1 Å². The van der Waals surface area contributed by atoms with Gasteiger partial charge in [-0.15, -0.1) is 0 Å². The molecule has 2 aliphatic rings. The van der Waals surface area contributed by atoms with Crippen LogP contribution in [0.2, 0.25) is 0 Å². The van der Waals surface area contributed by atoms with Crippen LogP contribution in [0.1, 0.15) is 75.8 Å². The van der Waals surface area contributed by atoms with E-state index in [0.717, 1.165) is 30.6 Å². The van der Waals surface area contributed by atoms with Gasteiger partial charge in [0, 0.05) is 12.3 Å². The van der Waals surface area contributed by atoms with Crippen molar-refractivity contribution in [2.24, 2.45) is 23.7 Å². The Labute approximate surface area is 157 Å². The number of aryl methyl sites for hydroxylation is 1. The van der Waals surface area contributed by atoms with E-state index in [2.05, 4.69) is 18.8 Å². The van der Waals surface area contributed by atoms with Crippen LogP contribution in [0.4, 0.5) is 8.78 Å². The second-order valence-corrected chi connectivity index (χ2v) is 8.32. The molecule has 2 saturated carbocycles. The topological polar surface area (TPSA) is 0 Å². The van der Waals surface area contributed by atoms with Crippen molar-refractivity contribution in [3.8, 4) is 11.8 Å². The van der Waals surface area contributed by atoms with E-state index in [1.165, 1.54) is 51.0 Å². The number of hydrogen-bond acceptors (Lipinski definition) is 0. The van der Waals surface area contributed by atoms with Crippen LogP contribution in [-0.4, -0.2) is 6.67 Å². The van der Waals surface area contributed by atoms with Crippen molar-refractivity contribution in [3.63, 3.8) is 0 Å². The summed E-state index contributed by atoms with van der Waals surface area (Å²) in [5.41, 5.74) is 1.15. The van der Waals surface area contributed by atoms with Gasteiger partial charge in [0.05, 0.1) is 12.2 Å². The first kappa shape index (κ1) is 19.4. The molecule has 0 spiro atoms. The molecule has 0 nitrogen and oxygen atoms in total. The van der Waals surface area contributed by atoms with Crippen molar-refractivity contribution in [2.75, 3.05) is 6.67 Å². The molecule has 0 heterocycles. The summed E-state index contributed by atoms with van der Waals surface area (Å²) in [7, 11) is 0. The fourth-order valence-corrected chi connectivity index (χ4v) is 4.91. The summed E-state index contributed by atoms with van der Waals surface area (Å²) in [6.45, 7) is 1.88. The number of halogens is 2. The normalized spacial score (nSPS) is 29.0. The Balaban J connectivity index is 1.50. The first-order chi connectivity index (χ1) is 12.7. The van der Waals surface area contributed by atoms with Crippen molar-refractivity contribution in [1.82, 2.24) is 0 Å². The van der Waals surface area contributed by atoms with Gasteiger partial charge in [-0.3, -0.25) is 4.39 Å². The molecule has 0 atom stereocenters. The van der Waals surface area contributed by atoms with E-state index in [0.29, 0.717) is 17.0 Å². The number of rotatable bonds is 4. The minimum absolute atomic E-state index is 0.273. The molecule has 0 bridgehead atoms. The van der Waals surface area contributed by atoms with Crippen LogP contribution in [-0.2, 0) is 6.42 Å². The smallest absolute Gasteiger partial charge is 0.139 e. The van der Waals surface area contributed by atoms with Gasteiger partial charge in [-0.25, -0.2) is 4.39 Å². The van der Waals surface area contributed by atoms with Crippen molar-refractivity contribution in [2.45, 2.75) is 71.1 Å². The predicted octanol–water partition coefficient (Wildman–Crippen LogP) is 6.71. The van der Waals surface area contributed by atoms with E-state index in [9.17, 15) is 8.78 Å². The third-order valence-electron chi connectivity index (χ3n) is 6.73. The molecule has 0 aromatic heterocycles. The van der Waals surface area contributed by atoms with Crippen molar-refractivity contribution >= 4 is 0 Å². The van der Waals surface area contributed by atoms with E-state index in [4.69, 9.17) is 0 Å². The maximum Gasteiger partial charge on any atom is 0.139 e. The summed E-state index contributed by atoms with van der Waals surface area (Å²) in [5, 5.41) is 0. The fourth-order valence-electron chi connectivity index (χ4n) is 4.91. The zero-order valence-electron chi connectivity index (χ0n) is 16.1. The third-order valence-corrected chi connectivity index (χ3v) is 6.73. The molecule has 2 fully saturated rings. The molecule has 0 N–H and O–H groups in total. The fraction of sp³-hybridized carbons (Fsp3) is 0.667. The summed E-state index contributed by atoms with van der Waals surface area (Å²) in [5.74, 6) is 9.24. The summed E-state index contributed by atoms with van der Waals surface area (Å²) in [6, 6.07) is 4.91. The Morgan fingerprint density at radius 1 is 0.962 bits per heavy atom. The molecule has 1 aromatic carbocycles. The second-order valence-electron chi connectivity index (χ2n) is 8.32. The van der Waals surface area contributed by atoms with Crippen LogP contribution in [0.25, 0.3) is 0 Å². The van der Waals surface area contributed by atoms with E-state index in [1.807, 2.05) is 0 Å². The zero-order valence-corrected chi connectivity index (χ0v) is 16.1. The molecular weight excluding hydrogens is 326 g/mol. The van der Waals surface area contributed by atoms with Gasteiger partial charge in [-0.2, -0.15) is 0 Å². The molecule has 1 aromatic rings. The molecule has 3 rings (SSSR count). The van der Waals surface area contributed by atoms with Crippen molar-refractivity contribution in [1.29, 1.82) is 0 Å². The maximum atomic E-state index is 14.1. The summed E-state index contributed by atoms with van der Waals surface area (Å²) < 4.78 is 26.4. The van der Waals surface area contributed by atoms with Gasteiger partial charge in [0.15, 0.2) is 0 Å². The van der Waals surface area contributed by atoms with Gasteiger partial charge in [0.2, 0.25) is 0 Å². The first-order valence-electron chi connectivity index (χ1n) is 10.6. The Morgan fingerprint density at radius 2 is 1.62 bits per heavy atom. The van der Waals surface area contributed by atoms with Gasteiger partial charge in [0.1, 0.15) is 5.82 Å². The van der Waals surface area contributed by atoms with Crippen LogP contribution in [0, 0.1) is 41.3 Å². The van der Waals surface area contributed by atoms with Crippen LogP contribution in [0.5, 0.6) is 0 Å². The molecular formula is C24H32F2. The lowest BCUT2D eigenvalue weighted by Crippen LogP contribution is -2.25. The number of alkyl halides is 1. The van der Waals surface area contributed by atoms with Crippen molar-refractivity contribution < 1.29 is 8.78 Å². The predicted molar refractivity (Wildman–Crippen MR) is 104 cm³/mol. The van der Waals surface area contributed by atoms with Crippen LogP contribution < -0.4 is 0 Å². The summed E-state index contributed by atoms with van der Waals surface area (Å²) >= 11 is 0. The number of benzene rings is 1. The highest BCUT2D eigenvalue weighted by Crippen LogP contribution is 2.41. The average Bonchev–Trinajstić information content (AvgIpc) is 2.68. The highest BCUT2D eigenvalue weighted by Gasteiger charge is 2.29. The maximum absolute atomic E-state index is 14.1. The molecule has 2 aliphatic carbocycles. The monoisotopic (exact) mass is 358 g/mol. The number of hydrogen-bond donors (Lipinski definition) is 0. The summed E-state index contributed by atoms with van der Waals surface area (Å²) in [6.07, 6.45) is 12.2. The quantitative estimate of drug-likeness (QED) is 0.525. The first-order valence-corrected chi connectivity index (χ1v) is 10.6. The Hall–Kier alpha value is -1.36. The molecule has 0 amide bonds. The largest absolute Gasteiger partial charge is 0.251 e. The molecule has 0 aliphatic heterocycles. The molecule has 0 saturated heterocycles. The lowest BCUT2D eigenvalue weighted by molar-refractivity contribution is 0.156. The molecule has 0 unspecified atom stereocenters. The van der Waals surface area contributed by atoms with Gasteiger partial charge in [-0.1, -0.05) is 44.1 Å². The molecule has 2 heteroatoms. The molecule has 26 heavy (non-hydrogen) atoms. The standard InChI is InChI=1S/C24H32F2/c1-2-18-3-9-21(10-4-18)22-11-5-19(6-12-22)7-13-23-14-8-20(15-16-25)17-24(23)26/h8,14,17-19,21-22H,2-6,9-12,15-16H2,1H3/t18-,19-,21-,22-. The highest BCUT2D eigenvalue weighted by molar-refractivity contribution is 5.38. The van der Waals surface area contributed by atoms with Gasteiger partial charge >= 0.3 is 0 Å². The van der Waals surface area contributed by atoms with Crippen molar-refractivity contribution in [3.05, 3.63) is 35.1 Å². The average molecular weight is 359 g/mol. The molecule has 0 radical (unpaired) electrons. The third kappa shape index (κ3) is 5.09. The minimum Gasteiger partial charge on any atom is -0.251 e. The Kier molecular flexibility index (Phi) is 7.12. The minimum atomic E-state index is -0.451. The lowest BCUT2D eigenvalue weighted by Gasteiger charge is -2.36. The van der Waals surface area contributed by atoms with E-state index < -0.39 is 6.67 Å². The lowest BCUT2D eigenvalue weighted by atomic mass is 9.69. The zero-order chi connectivity index (χ0) is 18.4. The second kappa shape index (κ2) is 9.54. The Morgan fingerprint density at radius 3 is 2.19 bits per heavy atom. The van der Waals surface area contributed by atoms with Gasteiger partial charge < -0.3 is 0 Å². The van der Waals surface area contributed by atoms with Crippen LogP contribution >= 0.6 is 0 Å². The SMILES string of the molecule is CC[C@H]1CC[C@H]([C@H]2CC[C@H](C#Cc3ccc(CCF)cc3F)CC2)CC1. The summed E-state index contributed by atoms with van der Waals surface area (Å²) in [4.78, 5) is 0. The highest BCUT2D eigenvalue weighted by atomic mass is 19.1. The van der Waals surface area contributed by atoms with Crippen LogP contribution in [0.15, 0.2) is 18.2 Å². The Bertz CT molecular complexity index is 623. The molecule has 142 valence electrons. The van der Waals surface area contributed by atoms with E-state index in [-0.39, 0.29) is 12.2 Å². The van der Waals surface area contributed by atoms with Gasteiger partial charge in [-0.05, 0) is 74.0 Å². The van der Waals surface area contributed by atoms with Gasteiger partial charge in [0.25, 0.3) is 0 Å². The van der Waals surface area contributed by atoms with E-state index >= 15 is 0 Å². The van der Waals surface area contributed by atoms with Crippen LogP contribution in [0.3, 0.4) is 0 Å².